The van der Waals surface area contributed by atoms with E-state index in [1.165, 1.54) is 0 Å². The first-order valence-corrected chi connectivity index (χ1v) is 21.3. The fraction of sp³-hybridized carbons (Fsp3) is 0.459. The van der Waals surface area contributed by atoms with E-state index in [-0.39, 0.29) is 24.3 Å². The van der Waals surface area contributed by atoms with Crippen molar-refractivity contribution in [2.75, 3.05) is 12.7 Å². The van der Waals surface area contributed by atoms with Gasteiger partial charge in [0, 0.05) is 23.8 Å². The molecule has 2 aliphatic heterocycles. The number of imidazole rings is 2. The Hall–Kier alpha value is -3.80. The molecule has 13 heteroatoms. The number of nitrogens with one attached hydrogen (secondary N) is 2. The second kappa shape index (κ2) is 13.4. The highest BCUT2D eigenvalue weighted by molar-refractivity contribution is 6.78. The van der Waals surface area contributed by atoms with Crippen LogP contribution in [0.4, 0.5) is 9.59 Å². The van der Waals surface area contributed by atoms with Crippen LogP contribution in [0.15, 0.2) is 48.5 Å². The van der Waals surface area contributed by atoms with E-state index in [2.05, 4.69) is 33.0 Å². The zero-order chi connectivity index (χ0) is 36.2. The Morgan fingerprint density at radius 3 is 1.60 bits per heavy atom. The summed E-state index contributed by atoms with van der Waals surface area (Å²) in [6.45, 7) is 16.4. The molecule has 50 heavy (non-hydrogen) atoms. The van der Waals surface area contributed by atoms with Gasteiger partial charge < -0.3 is 24.3 Å². The Kier molecular flexibility index (Phi) is 9.64. The molecule has 266 valence electrons. The predicted octanol–water partition coefficient (Wildman–Crippen LogP) is 10.1. The summed E-state index contributed by atoms with van der Waals surface area (Å²) < 4.78 is 11.4. The van der Waals surface area contributed by atoms with Gasteiger partial charge in [0.05, 0.1) is 31.5 Å². The van der Waals surface area contributed by atoms with Gasteiger partial charge in [-0.2, -0.15) is 0 Å². The van der Waals surface area contributed by atoms with Crippen LogP contribution >= 0.6 is 23.2 Å². The number of carbonyl (C=O) groups excluding carboxylic acids is 2. The van der Waals surface area contributed by atoms with Crippen molar-refractivity contribution in [3.8, 4) is 33.6 Å². The van der Waals surface area contributed by atoms with E-state index in [0.29, 0.717) is 40.4 Å². The maximum Gasteiger partial charge on any atom is 0.410 e. The largest absolute Gasteiger partial charge is 0.444 e. The topological polar surface area (TPSA) is 116 Å². The first kappa shape index (κ1) is 36.0. The molecule has 2 aromatic carbocycles. The van der Waals surface area contributed by atoms with Crippen LogP contribution in [0, 0.1) is 0 Å². The molecule has 2 fully saturated rings. The summed E-state index contributed by atoms with van der Waals surface area (Å²) >= 11 is 13.3. The zero-order valence-corrected chi connectivity index (χ0v) is 32.5. The molecular weight excluding hydrogens is 691 g/mol. The van der Waals surface area contributed by atoms with E-state index < -0.39 is 19.3 Å². The first-order valence-electron chi connectivity index (χ1n) is 17.1. The minimum atomic E-state index is -1.68. The second-order valence-electron chi connectivity index (χ2n) is 16.1. The number of likely N-dealkylation sites (tertiary alicyclic amines) is 1. The van der Waals surface area contributed by atoms with Gasteiger partial charge in [-0.15, -0.1) is 0 Å². The standard InChI is InChI=1S/C37H46Cl2N6O4Si/c1-36(2,3)48-34(46)44-19-9-10-26(44)32-40-28(30(38)42-32)24-15-11-22(12-16-24)23-13-17-25(18-14-23)29-31(39)43-33(41-29)27-20-50(7,8)21-45(27)35(47)49-37(4,5)6/h11-18,26-27H,9-10,19-21H2,1-8H3,(H,40,42)(H,41,43). The van der Waals surface area contributed by atoms with Crippen molar-refractivity contribution >= 4 is 43.5 Å². The highest BCUT2D eigenvalue weighted by Crippen LogP contribution is 2.40. The van der Waals surface area contributed by atoms with Crippen molar-refractivity contribution in [2.45, 2.75) is 96.8 Å². The van der Waals surface area contributed by atoms with Gasteiger partial charge in [-0.3, -0.25) is 4.90 Å². The lowest BCUT2D eigenvalue weighted by Gasteiger charge is -2.28. The van der Waals surface area contributed by atoms with Gasteiger partial charge in [0.15, 0.2) is 10.3 Å². The predicted molar refractivity (Wildman–Crippen MR) is 200 cm³/mol. The Morgan fingerprint density at radius 2 is 1.14 bits per heavy atom. The third-order valence-corrected chi connectivity index (χ3v) is 12.1. The van der Waals surface area contributed by atoms with E-state index in [0.717, 1.165) is 46.8 Å². The van der Waals surface area contributed by atoms with Crippen LogP contribution in [0.3, 0.4) is 0 Å². The molecule has 4 heterocycles. The molecule has 2 unspecified atom stereocenters. The molecule has 4 aromatic rings. The molecule has 6 rings (SSSR count). The number of hydrogen-bond donors (Lipinski definition) is 2. The number of halogens is 2. The summed E-state index contributed by atoms with van der Waals surface area (Å²) in [6, 6.07) is 16.7. The maximum atomic E-state index is 13.1. The zero-order valence-electron chi connectivity index (χ0n) is 30.0. The quantitative estimate of drug-likeness (QED) is 0.197. The van der Waals surface area contributed by atoms with Crippen LogP contribution in [0.1, 0.15) is 78.1 Å². The molecule has 0 aliphatic carbocycles. The SMILES string of the molecule is CC(C)(C)OC(=O)N1CCCC1c1nc(Cl)c(-c2ccc(-c3ccc(-c4[nH]c(C5C[Si](C)(C)CN5C(=O)OC(C)(C)C)nc4Cl)cc3)cc2)[nH]1. The average molecular weight is 738 g/mol. The molecular formula is C37H46Cl2N6O4Si. The number of benzene rings is 2. The minimum Gasteiger partial charge on any atom is -0.444 e. The number of H-pyrrole nitrogens is 2. The lowest BCUT2D eigenvalue weighted by atomic mass is 10.0. The fourth-order valence-corrected chi connectivity index (χ4v) is 10.1. The van der Waals surface area contributed by atoms with Crippen molar-refractivity contribution in [3.05, 3.63) is 70.5 Å². The highest BCUT2D eigenvalue weighted by Gasteiger charge is 2.45. The van der Waals surface area contributed by atoms with E-state index in [9.17, 15) is 9.59 Å². The highest BCUT2D eigenvalue weighted by atomic mass is 35.5. The van der Waals surface area contributed by atoms with Crippen molar-refractivity contribution in [1.29, 1.82) is 0 Å². The molecule has 2 N–H and O–H groups in total. The Bertz CT molecular complexity index is 1880. The maximum absolute atomic E-state index is 13.1. The van der Waals surface area contributed by atoms with Gasteiger partial charge in [0.25, 0.3) is 0 Å². The average Bonchev–Trinajstić information content (AvgIpc) is 3.80. The molecule has 2 atom stereocenters. The molecule has 2 amide bonds. The van der Waals surface area contributed by atoms with E-state index in [1.54, 1.807) is 4.90 Å². The van der Waals surface area contributed by atoms with Crippen LogP contribution in [0.25, 0.3) is 33.6 Å². The molecule has 0 radical (unpaired) electrons. The number of nitrogens with zero attached hydrogens (tertiary/aromatic N) is 4. The van der Waals surface area contributed by atoms with Gasteiger partial charge in [0.2, 0.25) is 0 Å². The summed E-state index contributed by atoms with van der Waals surface area (Å²) in [7, 11) is -1.68. The summed E-state index contributed by atoms with van der Waals surface area (Å²) in [5.74, 6) is 1.34. The number of rotatable bonds is 5. The Labute approximate surface area is 304 Å². The van der Waals surface area contributed by atoms with E-state index in [1.807, 2.05) is 95.0 Å². The van der Waals surface area contributed by atoms with Gasteiger partial charge in [-0.25, -0.2) is 19.6 Å². The smallest absolute Gasteiger partial charge is 0.410 e. The normalized spacial score (nSPS) is 19.2. The molecule has 2 aliphatic rings. The molecule has 2 saturated heterocycles. The summed E-state index contributed by atoms with van der Waals surface area (Å²) in [4.78, 5) is 45.6. The first-order chi connectivity index (χ1) is 23.4. The van der Waals surface area contributed by atoms with Crippen LogP contribution < -0.4 is 0 Å². The van der Waals surface area contributed by atoms with Crippen molar-refractivity contribution < 1.29 is 19.1 Å². The number of aromatic amines is 2. The lowest BCUT2D eigenvalue weighted by Crippen LogP contribution is -2.39. The molecule has 0 spiro atoms. The third kappa shape index (κ3) is 7.90. The summed E-state index contributed by atoms with van der Waals surface area (Å²) in [6.07, 6.45) is 1.69. The molecule has 0 saturated carbocycles. The fourth-order valence-electron chi connectivity index (χ4n) is 6.71. The number of hydrogen-bond acceptors (Lipinski definition) is 6. The number of aromatic nitrogens is 4. The van der Waals surface area contributed by atoms with Gasteiger partial charge >= 0.3 is 12.2 Å². The Morgan fingerprint density at radius 1 is 0.720 bits per heavy atom. The van der Waals surface area contributed by atoms with E-state index >= 15 is 0 Å². The van der Waals surface area contributed by atoms with Crippen LogP contribution in [-0.4, -0.2) is 73.9 Å². The van der Waals surface area contributed by atoms with Crippen molar-refractivity contribution in [3.63, 3.8) is 0 Å². The molecule has 0 bridgehead atoms. The van der Waals surface area contributed by atoms with E-state index in [4.69, 9.17) is 32.7 Å². The summed E-state index contributed by atoms with van der Waals surface area (Å²) in [5.41, 5.74) is 4.13. The molecule has 10 nitrogen and oxygen atoms in total. The van der Waals surface area contributed by atoms with Crippen LogP contribution in [0.5, 0.6) is 0 Å². The Balaban J connectivity index is 1.17. The lowest BCUT2D eigenvalue weighted by molar-refractivity contribution is 0.0212. The monoisotopic (exact) mass is 736 g/mol. The van der Waals surface area contributed by atoms with Gasteiger partial charge in [0.1, 0.15) is 22.9 Å². The third-order valence-electron chi connectivity index (χ3n) is 8.90. The van der Waals surface area contributed by atoms with Gasteiger partial charge in [-0.1, -0.05) is 84.8 Å². The number of ether oxygens (including phenoxy) is 2. The van der Waals surface area contributed by atoms with Crippen molar-refractivity contribution in [2.24, 2.45) is 0 Å². The molecule has 2 aromatic heterocycles. The van der Waals surface area contributed by atoms with Gasteiger partial charge in [-0.05, 0) is 71.6 Å². The second-order valence-corrected chi connectivity index (χ2v) is 21.8. The van der Waals surface area contributed by atoms with Crippen LogP contribution in [-0.2, 0) is 9.47 Å². The van der Waals surface area contributed by atoms with Crippen molar-refractivity contribution in [1.82, 2.24) is 29.7 Å². The number of amides is 2. The number of carbonyl (C=O) groups is 2. The summed E-state index contributed by atoms with van der Waals surface area (Å²) in [5, 5.41) is 0.733. The van der Waals surface area contributed by atoms with Crippen LogP contribution in [0.2, 0.25) is 29.4 Å². The minimum absolute atomic E-state index is 0.211.